The molecule has 1 aliphatic rings. The van der Waals surface area contributed by atoms with Crippen LogP contribution in [0.25, 0.3) is 0 Å². The maximum atomic E-state index is 12.7. The van der Waals surface area contributed by atoms with Crippen molar-refractivity contribution < 1.29 is 14.3 Å². The fourth-order valence-electron chi connectivity index (χ4n) is 3.11. The first-order valence-electron chi connectivity index (χ1n) is 7.80. The summed E-state index contributed by atoms with van der Waals surface area (Å²) in [6, 6.07) is 13.6. The highest BCUT2D eigenvalue weighted by molar-refractivity contribution is 6.03. The average molecular weight is 348 g/mol. The highest BCUT2D eigenvalue weighted by atomic mass is 35.5. The molecule has 24 heavy (non-hydrogen) atoms. The lowest BCUT2D eigenvalue weighted by molar-refractivity contribution is 0.0926. The van der Waals surface area contributed by atoms with Crippen LogP contribution in [0.5, 0.6) is 11.5 Å². The van der Waals surface area contributed by atoms with Crippen molar-refractivity contribution in [2.24, 2.45) is 0 Å². The van der Waals surface area contributed by atoms with Crippen LogP contribution in [0.1, 0.15) is 27.9 Å². The Bertz CT molecular complexity index is 703. The van der Waals surface area contributed by atoms with E-state index in [1.165, 1.54) is 5.56 Å². The van der Waals surface area contributed by atoms with E-state index in [0.717, 1.165) is 24.0 Å². The maximum Gasteiger partial charge on any atom is 0.180 e. The first-order chi connectivity index (χ1) is 11.2. The molecule has 1 unspecified atom stereocenters. The monoisotopic (exact) mass is 347 g/mol. The number of nitrogens with one attached hydrogen (secondary N) is 1. The average Bonchev–Trinajstić information content (AvgIpc) is 2.61. The zero-order valence-electron chi connectivity index (χ0n) is 13.9. The van der Waals surface area contributed by atoms with Gasteiger partial charge >= 0.3 is 0 Å². The van der Waals surface area contributed by atoms with Crippen LogP contribution < -0.4 is 14.8 Å². The van der Waals surface area contributed by atoms with Gasteiger partial charge in [-0.15, -0.1) is 12.4 Å². The largest absolute Gasteiger partial charge is 0.493 e. The Morgan fingerprint density at radius 1 is 1.08 bits per heavy atom. The van der Waals surface area contributed by atoms with E-state index in [2.05, 4.69) is 17.4 Å². The molecule has 2 aromatic carbocycles. The lowest BCUT2D eigenvalue weighted by atomic mass is 9.86. The van der Waals surface area contributed by atoms with Crippen LogP contribution in [-0.4, -0.2) is 26.0 Å². The zero-order valence-corrected chi connectivity index (χ0v) is 14.7. The topological polar surface area (TPSA) is 47.6 Å². The molecule has 0 heterocycles. The van der Waals surface area contributed by atoms with Crippen LogP contribution in [0, 0.1) is 0 Å². The Balaban J connectivity index is 0.00000208. The summed E-state index contributed by atoms with van der Waals surface area (Å²) >= 11 is 0. The van der Waals surface area contributed by atoms with Crippen LogP contribution in [0.15, 0.2) is 42.5 Å². The second-order valence-electron chi connectivity index (χ2n) is 5.65. The highest BCUT2D eigenvalue weighted by Gasteiger charge is 2.30. The van der Waals surface area contributed by atoms with Crippen molar-refractivity contribution in [2.75, 3.05) is 14.2 Å². The summed E-state index contributed by atoms with van der Waals surface area (Å²) in [5.41, 5.74) is 2.87. The van der Waals surface area contributed by atoms with E-state index in [1.54, 1.807) is 20.3 Å². The maximum absolute atomic E-state index is 12.7. The molecule has 1 atom stereocenters. The first-order valence-corrected chi connectivity index (χ1v) is 7.80. The molecule has 0 amide bonds. The molecule has 0 saturated carbocycles. The number of methoxy groups -OCH3 is 2. The number of hydrogen-bond acceptors (Lipinski definition) is 4. The number of halogens is 1. The Morgan fingerprint density at radius 2 is 1.83 bits per heavy atom. The van der Waals surface area contributed by atoms with Gasteiger partial charge in [-0.05, 0) is 30.5 Å². The molecule has 5 heteroatoms. The molecule has 0 bridgehead atoms. The Kier molecular flexibility index (Phi) is 6.23. The summed E-state index contributed by atoms with van der Waals surface area (Å²) in [5.74, 6) is 1.48. The summed E-state index contributed by atoms with van der Waals surface area (Å²) < 4.78 is 10.8. The highest BCUT2D eigenvalue weighted by Crippen LogP contribution is 2.37. The second-order valence-corrected chi connectivity index (χ2v) is 5.65. The van der Waals surface area contributed by atoms with Gasteiger partial charge in [0.05, 0.1) is 20.3 Å². The molecule has 4 nitrogen and oxygen atoms in total. The van der Waals surface area contributed by atoms with Crippen molar-refractivity contribution in [1.82, 2.24) is 5.32 Å². The molecular formula is C19H22ClNO3. The van der Waals surface area contributed by atoms with Crippen LogP contribution in [0.2, 0.25) is 0 Å². The van der Waals surface area contributed by atoms with Gasteiger partial charge in [-0.3, -0.25) is 4.79 Å². The number of ketones is 1. The van der Waals surface area contributed by atoms with Crippen molar-refractivity contribution in [3.63, 3.8) is 0 Å². The van der Waals surface area contributed by atoms with Gasteiger partial charge in [0.15, 0.2) is 17.3 Å². The van der Waals surface area contributed by atoms with Crippen LogP contribution in [-0.2, 0) is 13.0 Å². The molecule has 3 rings (SSSR count). The predicted molar refractivity (Wildman–Crippen MR) is 96.5 cm³/mol. The van der Waals surface area contributed by atoms with Crippen molar-refractivity contribution in [2.45, 2.75) is 25.4 Å². The van der Waals surface area contributed by atoms with E-state index >= 15 is 0 Å². The number of carbonyl (C=O) groups excluding carboxylic acids is 1. The van der Waals surface area contributed by atoms with E-state index < -0.39 is 0 Å². The van der Waals surface area contributed by atoms with Gasteiger partial charge < -0.3 is 14.8 Å². The van der Waals surface area contributed by atoms with Crippen molar-refractivity contribution in [3.05, 3.63) is 59.2 Å². The summed E-state index contributed by atoms with van der Waals surface area (Å²) in [6.45, 7) is 0.694. The van der Waals surface area contributed by atoms with E-state index in [4.69, 9.17) is 9.47 Å². The van der Waals surface area contributed by atoms with Gasteiger partial charge in [0.2, 0.25) is 0 Å². The smallest absolute Gasteiger partial charge is 0.180 e. The zero-order chi connectivity index (χ0) is 16.2. The number of benzene rings is 2. The third kappa shape index (κ3) is 3.55. The lowest BCUT2D eigenvalue weighted by Gasteiger charge is -2.26. The molecule has 0 fully saturated rings. The predicted octanol–water partition coefficient (Wildman–Crippen LogP) is 3.41. The number of carbonyl (C=O) groups is 1. The van der Waals surface area contributed by atoms with Gasteiger partial charge in [-0.25, -0.2) is 0 Å². The third-order valence-electron chi connectivity index (χ3n) is 4.31. The third-order valence-corrected chi connectivity index (χ3v) is 4.31. The number of fused-ring (bicyclic) bond motifs is 1. The van der Waals surface area contributed by atoms with E-state index in [-0.39, 0.29) is 24.2 Å². The van der Waals surface area contributed by atoms with Crippen molar-refractivity contribution in [3.8, 4) is 11.5 Å². The SMILES string of the molecule is COc1ccc2c(c1OC)CCC(NCc1ccccc1)C2=O.Cl. The van der Waals surface area contributed by atoms with Gasteiger partial charge in [0.25, 0.3) is 0 Å². The van der Waals surface area contributed by atoms with Gasteiger partial charge in [-0.2, -0.15) is 0 Å². The number of hydrogen-bond donors (Lipinski definition) is 1. The van der Waals surface area contributed by atoms with Crippen LogP contribution in [0.4, 0.5) is 0 Å². The van der Waals surface area contributed by atoms with Gasteiger partial charge in [0.1, 0.15) is 0 Å². The number of ether oxygens (including phenoxy) is 2. The number of rotatable bonds is 5. The quantitative estimate of drug-likeness (QED) is 0.900. The minimum absolute atomic E-state index is 0. The Labute approximate surface area is 148 Å². The minimum Gasteiger partial charge on any atom is -0.493 e. The summed E-state index contributed by atoms with van der Waals surface area (Å²) in [7, 11) is 3.22. The van der Waals surface area contributed by atoms with Crippen molar-refractivity contribution in [1.29, 1.82) is 0 Å². The second kappa shape index (κ2) is 8.18. The Morgan fingerprint density at radius 3 is 2.50 bits per heavy atom. The fourth-order valence-corrected chi connectivity index (χ4v) is 3.11. The molecule has 2 aromatic rings. The fraction of sp³-hybridized carbons (Fsp3) is 0.316. The molecule has 0 radical (unpaired) electrons. The summed E-state index contributed by atoms with van der Waals surface area (Å²) in [5, 5.41) is 3.37. The normalized spacial score (nSPS) is 16.1. The lowest BCUT2D eigenvalue weighted by Crippen LogP contribution is -2.40. The minimum atomic E-state index is -0.152. The molecule has 0 spiro atoms. The van der Waals surface area contributed by atoms with Crippen LogP contribution >= 0.6 is 12.4 Å². The van der Waals surface area contributed by atoms with E-state index in [9.17, 15) is 4.79 Å². The van der Waals surface area contributed by atoms with E-state index in [1.807, 2.05) is 24.3 Å². The summed E-state index contributed by atoms with van der Waals surface area (Å²) in [6.07, 6.45) is 1.57. The molecular weight excluding hydrogens is 326 g/mol. The van der Waals surface area contributed by atoms with Gasteiger partial charge in [-0.1, -0.05) is 30.3 Å². The Hall–Kier alpha value is -2.04. The number of Topliss-reactive ketones (excluding diaryl/α,β-unsaturated/α-hetero) is 1. The van der Waals surface area contributed by atoms with Crippen molar-refractivity contribution >= 4 is 18.2 Å². The molecule has 0 aromatic heterocycles. The summed E-state index contributed by atoms with van der Waals surface area (Å²) in [4.78, 5) is 12.7. The first kappa shape index (κ1) is 18.3. The molecule has 0 aliphatic heterocycles. The molecule has 1 N–H and O–H groups in total. The van der Waals surface area contributed by atoms with E-state index in [0.29, 0.717) is 18.0 Å². The van der Waals surface area contributed by atoms with Gasteiger partial charge in [0, 0.05) is 17.7 Å². The van der Waals surface area contributed by atoms with Crippen LogP contribution in [0.3, 0.4) is 0 Å². The molecule has 128 valence electrons. The molecule has 0 saturated heterocycles. The standard InChI is InChI=1S/C19H21NO3.ClH/c1-22-17-11-9-14-15(19(17)23-2)8-10-16(18(14)21)20-12-13-6-4-3-5-7-13;/h3-7,9,11,16,20H,8,10,12H2,1-2H3;1H. The molecule has 1 aliphatic carbocycles.